The first-order valence-corrected chi connectivity index (χ1v) is 19.5. The van der Waals surface area contributed by atoms with Crippen LogP contribution >= 0.6 is 11.3 Å². The first kappa shape index (κ1) is 32.3. The summed E-state index contributed by atoms with van der Waals surface area (Å²) in [7, 11) is 0. The second-order valence-electron chi connectivity index (χ2n) is 13.9. The highest BCUT2D eigenvalue weighted by Crippen LogP contribution is 2.35. The zero-order valence-electron chi connectivity index (χ0n) is 30.1. The summed E-state index contributed by atoms with van der Waals surface area (Å²) in [5, 5.41) is 4.49. The van der Waals surface area contributed by atoms with Gasteiger partial charge in [0.05, 0.1) is 11.4 Å². The standard InChI is InChI=1S/C49H31N5OS/c1-4-14-30(15-5-1)39-29-40(51-46(50-39)31-16-6-2-7-17-31)35-21-13-25-43-44(35)36-22-12-23-37(45(36)56-43)49-53-47(32-18-8-3-9-19-32)52-48(54-49)33-26-27-42-38(28-33)34-20-10-11-24-41(34)55-42/h1-12,14-20,22-29H,13,21H2. The molecule has 10 aromatic rings. The van der Waals surface area contributed by atoms with E-state index in [1.54, 1.807) is 11.3 Å². The maximum absolute atomic E-state index is 6.15. The fraction of sp³-hybridized carbons (Fsp3) is 0.0408. The van der Waals surface area contributed by atoms with Crippen molar-refractivity contribution < 1.29 is 4.42 Å². The highest BCUT2D eigenvalue weighted by Gasteiger charge is 2.21. The van der Waals surface area contributed by atoms with E-state index in [0.29, 0.717) is 17.5 Å². The monoisotopic (exact) mass is 737 g/mol. The minimum atomic E-state index is 0.612. The van der Waals surface area contributed by atoms with Gasteiger partial charge in [-0.25, -0.2) is 24.9 Å². The molecule has 6 aromatic carbocycles. The van der Waals surface area contributed by atoms with Gasteiger partial charge in [-0.1, -0.05) is 127 Å². The van der Waals surface area contributed by atoms with Crippen LogP contribution in [-0.2, 0) is 0 Å². The molecule has 1 aliphatic carbocycles. The van der Waals surface area contributed by atoms with E-state index in [1.165, 1.54) is 20.7 Å². The molecule has 0 atom stereocenters. The lowest BCUT2D eigenvalue weighted by molar-refractivity contribution is 0.669. The Morgan fingerprint density at radius 2 is 1.05 bits per heavy atom. The first-order chi connectivity index (χ1) is 27.7. The fourth-order valence-electron chi connectivity index (χ4n) is 7.78. The van der Waals surface area contributed by atoms with E-state index in [1.807, 2.05) is 84.9 Å². The number of aromatic nitrogens is 5. The second-order valence-corrected chi connectivity index (χ2v) is 15.0. The Bertz CT molecular complexity index is 3190. The van der Waals surface area contributed by atoms with Gasteiger partial charge in [0, 0.05) is 58.4 Å². The normalized spacial score (nSPS) is 12.6. The molecular weight excluding hydrogens is 707 g/mol. The molecule has 264 valence electrons. The summed E-state index contributed by atoms with van der Waals surface area (Å²) in [6.07, 6.45) is 4.17. The maximum atomic E-state index is 6.15. The van der Waals surface area contributed by atoms with Crippen LogP contribution in [-0.4, -0.2) is 24.9 Å². The predicted molar refractivity (Wildman–Crippen MR) is 227 cm³/mol. The lowest BCUT2D eigenvalue weighted by Gasteiger charge is -2.13. The van der Waals surface area contributed by atoms with Crippen LogP contribution in [0.1, 0.15) is 18.5 Å². The molecule has 0 saturated heterocycles. The molecule has 0 aliphatic heterocycles. The van der Waals surface area contributed by atoms with Gasteiger partial charge in [0.1, 0.15) is 11.2 Å². The molecule has 4 heterocycles. The molecule has 0 fully saturated rings. The lowest BCUT2D eigenvalue weighted by atomic mass is 9.96. The van der Waals surface area contributed by atoms with Gasteiger partial charge >= 0.3 is 0 Å². The SMILES string of the molecule is C1=c2sc3c(-c4nc(-c5ccccc5)nc(-c5ccc6oc7ccccc7c6c5)n4)cccc3c2=C(c2cc(-c3ccccc3)nc(-c3ccccc3)n2)CC1. The van der Waals surface area contributed by atoms with E-state index in [4.69, 9.17) is 29.3 Å². The van der Waals surface area contributed by atoms with Gasteiger partial charge in [0.2, 0.25) is 0 Å². The number of rotatable bonds is 6. The molecule has 0 amide bonds. The number of benzene rings is 6. The van der Waals surface area contributed by atoms with Crippen molar-refractivity contribution in [2.75, 3.05) is 0 Å². The van der Waals surface area contributed by atoms with Crippen molar-refractivity contribution in [3.8, 4) is 56.8 Å². The van der Waals surface area contributed by atoms with E-state index in [2.05, 4.69) is 78.9 Å². The van der Waals surface area contributed by atoms with Crippen LogP contribution in [0.4, 0.5) is 0 Å². The predicted octanol–water partition coefficient (Wildman–Crippen LogP) is 10.9. The van der Waals surface area contributed by atoms with Crippen molar-refractivity contribution >= 4 is 55.0 Å². The zero-order chi connectivity index (χ0) is 37.0. The first-order valence-electron chi connectivity index (χ1n) is 18.7. The third-order valence-corrected chi connectivity index (χ3v) is 11.7. The number of hydrogen-bond acceptors (Lipinski definition) is 7. The number of thiophene rings is 1. The average Bonchev–Trinajstić information content (AvgIpc) is 3.85. The summed E-state index contributed by atoms with van der Waals surface area (Å²) < 4.78 is 8.53. The van der Waals surface area contributed by atoms with Crippen molar-refractivity contribution in [2.45, 2.75) is 12.8 Å². The molecule has 0 N–H and O–H groups in total. The number of para-hydroxylation sites is 1. The fourth-order valence-corrected chi connectivity index (χ4v) is 9.08. The van der Waals surface area contributed by atoms with Crippen LogP contribution in [0, 0.1) is 0 Å². The third-order valence-electron chi connectivity index (χ3n) is 10.4. The van der Waals surface area contributed by atoms with Gasteiger partial charge in [0.15, 0.2) is 23.3 Å². The van der Waals surface area contributed by atoms with Crippen LogP contribution in [0.2, 0.25) is 0 Å². The molecule has 0 saturated carbocycles. The van der Waals surface area contributed by atoms with Gasteiger partial charge in [-0.15, -0.1) is 11.3 Å². The highest BCUT2D eigenvalue weighted by atomic mass is 32.1. The summed E-state index contributed by atoms with van der Waals surface area (Å²) in [5.41, 5.74) is 9.64. The van der Waals surface area contributed by atoms with Gasteiger partial charge < -0.3 is 4.42 Å². The molecule has 11 rings (SSSR count). The number of hydrogen-bond donors (Lipinski definition) is 0. The van der Waals surface area contributed by atoms with Crippen LogP contribution in [0.5, 0.6) is 0 Å². The summed E-state index contributed by atoms with van der Waals surface area (Å²) in [4.78, 5) is 25.7. The Balaban J connectivity index is 1.12. The molecule has 0 spiro atoms. The number of nitrogens with zero attached hydrogens (tertiary/aromatic N) is 5. The van der Waals surface area contributed by atoms with E-state index in [-0.39, 0.29) is 0 Å². The van der Waals surface area contributed by atoms with Gasteiger partial charge in [0.25, 0.3) is 0 Å². The summed E-state index contributed by atoms with van der Waals surface area (Å²) in [6.45, 7) is 0. The van der Waals surface area contributed by atoms with Crippen LogP contribution in [0.3, 0.4) is 0 Å². The molecular formula is C49H31N5OS. The Hall–Kier alpha value is -7.09. The van der Waals surface area contributed by atoms with Crippen LogP contribution in [0.15, 0.2) is 162 Å². The quantitative estimate of drug-likeness (QED) is 0.169. The minimum absolute atomic E-state index is 0.612. The molecule has 1 aliphatic rings. The minimum Gasteiger partial charge on any atom is -0.456 e. The van der Waals surface area contributed by atoms with Crippen molar-refractivity contribution in [3.63, 3.8) is 0 Å². The second kappa shape index (κ2) is 13.3. The largest absolute Gasteiger partial charge is 0.456 e. The molecule has 0 unspecified atom stereocenters. The molecule has 0 radical (unpaired) electrons. The molecule has 56 heavy (non-hydrogen) atoms. The Morgan fingerprint density at radius 3 is 1.82 bits per heavy atom. The van der Waals surface area contributed by atoms with E-state index < -0.39 is 0 Å². The summed E-state index contributed by atoms with van der Waals surface area (Å²) in [5.74, 6) is 2.60. The van der Waals surface area contributed by atoms with Crippen molar-refractivity contribution in [1.82, 2.24) is 24.9 Å². The number of fused-ring (bicyclic) bond motifs is 6. The van der Waals surface area contributed by atoms with Gasteiger partial charge in [-0.2, -0.15) is 0 Å². The summed E-state index contributed by atoms with van der Waals surface area (Å²) in [6, 6.07) is 53.7. The Kier molecular flexibility index (Phi) is 7.70. The van der Waals surface area contributed by atoms with E-state index in [0.717, 1.165) is 84.5 Å². The van der Waals surface area contributed by atoms with E-state index in [9.17, 15) is 0 Å². The molecule has 4 aromatic heterocycles. The zero-order valence-corrected chi connectivity index (χ0v) is 30.9. The average molecular weight is 738 g/mol. The van der Waals surface area contributed by atoms with E-state index >= 15 is 0 Å². The maximum Gasteiger partial charge on any atom is 0.165 e. The smallest absolute Gasteiger partial charge is 0.165 e. The molecule has 0 bridgehead atoms. The van der Waals surface area contributed by atoms with Crippen LogP contribution < -0.4 is 9.75 Å². The van der Waals surface area contributed by atoms with Crippen molar-refractivity contribution in [2.24, 2.45) is 0 Å². The Morgan fingerprint density at radius 1 is 0.446 bits per heavy atom. The van der Waals surface area contributed by atoms with Crippen molar-refractivity contribution in [3.05, 3.63) is 173 Å². The molecule has 7 heteroatoms. The summed E-state index contributed by atoms with van der Waals surface area (Å²) >= 11 is 1.80. The van der Waals surface area contributed by atoms with Gasteiger partial charge in [-0.3, -0.25) is 0 Å². The van der Waals surface area contributed by atoms with Crippen LogP contribution in [0.25, 0.3) is 100 Å². The van der Waals surface area contributed by atoms with Crippen molar-refractivity contribution in [1.29, 1.82) is 0 Å². The highest BCUT2D eigenvalue weighted by molar-refractivity contribution is 7.17. The Labute approximate surface area is 325 Å². The third kappa shape index (κ3) is 5.60. The molecule has 6 nitrogen and oxygen atoms in total. The lowest BCUT2D eigenvalue weighted by Crippen LogP contribution is -2.26. The number of furan rings is 1. The topological polar surface area (TPSA) is 77.6 Å². The van der Waals surface area contributed by atoms with Gasteiger partial charge in [-0.05, 0) is 54.8 Å².